The number of allylic oxidation sites excluding steroid dienone is 1. The summed E-state index contributed by atoms with van der Waals surface area (Å²) in [5.41, 5.74) is 1.56. The third-order valence-electron chi connectivity index (χ3n) is 2.69. The normalized spacial score (nSPS) is 18.4. The third kappa shape index (κ3) is 3.98. The Morgan fingerprint density at radius 2 is 2.43 bits per heavy atom. The van der Waals surface area contributed by atoms with Crippen LogP contribution in [0.25, 0.3) is 0 Å². The highest BCUT2D eigenvalue weighted by Gasteiger charge is 2.09. The topological polar surface area (TPSA) is 12.0 Å². The zero-order chi connectivity index (χ0) is 10.2. The average molecular weight is 191 g/mol. The summed E-state index contributed by atoms with van der Waals surface area (Å²) < 4.78 is 0. The molecule has 0 aliphatic heterocycles. The number of terminal acetylenes is 1. The summed E-state index contributed by atoms with van der Waals surface area (Å²) >= 11 is 0. The molecule has 0 fully saturated rings. The summed E-state index contributed by atoms with van der Waals surface area (Å²) in [7, 11) is 0. The van der Waals surface area contributed by atoms with E-state index in [1.165, 1.54) is 25.7 Å². The Kier molecular flexibility index (Phi) is 5.40. The van der Waals surface area contributed by atoms with Crippen molar-refractivity contribution in [2.45, 2.75) is 51.5 Å². The lowest BCUT2D eigenvalue weighted by Gasteiger charge is -2.17. The molecule has 1 rings (SSSR count). The fraction of sp³-hybridized carbons (Fsp3) is 0.692. The monoisotopic (exact) mass is 191 g/mol. The predicted molar refractivity (Wildman–Crippen MR) is 62.1 cm³/mol. The lowest BCUT2D eigenvalue weighted by atomic mass is 9.94. The van der Waals surface area contributed by atoms with E-state index in [4.69, 9.17) is 6.42 Å². The van der Waals surface area contributed by atoms with Gasteiger partial charge in [-0.15, -0.1) is 6.42 Å². The Morgan fingerprint density at radius 3 is 3.00 bits per heavy atom. The van der Waals surface area contributed by atoms with E-state index in [9.17, 15) is 0 Å². The summed E-state index contributed by atoms with van der Waals surface area (Å²) in [6.45, 7) is 3.20. The predicted octanol–water partition coefficient (Wildman–Crippen LogP) is 2.88. The van der Waals surface area contributed by atoms with Gasteiger partial charge < -0.3 is 5.32 Å². The maximum Gasteiger partial charge on any atom is 0.0724 e. The van der Waals surface area contributed by atoms with Crippen molar-refractivity contribution in [2.75, 3.05) is 6.54 Å². The van der Waals surface area contributed by atoms with Gasteiger partial charge in [0, 0.05) is 0 Å². The minimum atomic E-state index is 0.249. The van der Waals surface area contributed by atoms with Crippen LogP contribution in [0.2, 0.25) is 0 Å². The molecule has 0 aromatic heterocycles. The van der Waals surface area contributed by atoms with E-state index < -0.39 is 0 Å². The summed E-state index contributed by atoms with van der Waals surface area (Å²) in [6, 6.07) is 0.249. The van der Waals surface area contributed by atoms with Crippen LogP contribution in [0.4, 0.5) is 0 Å². The van der Waals surface area contributed by atoms with Gasteiger partial charge in [0.2, 0.25) is 0 Å². The Hall–Kier alpha value is -0.740. The van der Waals surface area contributed by atoms with Crippen molar-refractivity contribution in [1.82, 2.24) is 5.32 Å². The molecule has 0 saturated carbocycles. The molecule has 0 aromatic carbocycles. The van der Waals surface area contributed by atoms with Crippen molar-refractivity contribution in [1.29, 1.82) is 0 Å². The molecule has 0 saturated heterocycles. The van der Waals surface area contributed by atoms with Gasteiger partial charge in [-0.25, -0.2) is 0 Å². The van der Waals surface area contributed by atoms with Crippen LogP contribution in [0.15, 0.2) is 11.6 Å². The second kappa shape index (κ2) is 6.68. The molecular formula is C13H21N. The highest BCUT2D eigenvalue weighted by Crippen LogP contribution is 2.21. The van der Waals surface area contributed by atoms with Crippen LogP contribution in [-0.2, 0) is 0 Å². The van der Waals surface area contributed by atoms with Crippen LogP contribution in [-0.4, -0.2) is 12.6 Å². The molecule has 1 atom stereocenters. The molecule has 1 unspecified atom stereocenters. The van der Waals surface area contributed by atoms with Crippen molar-refractivity contribution < 1.29 is 0 Å². The lowest BCUT2D eigenvalue weighted by molar-refractivity contribution is 0.572. The molecule has 0 amide bonds. The SMILES string of the molecule is C#CC(CC1=CCCCC1)NCCC. The third-order valence-corrected chi connectivity index (χ3v) is 2.69. The Balaban J connectivity index is 2.32. The average Bonchev–Trinajstić information content (AvgIpc) is 2.25. The largest absolute Gasteiger partial charge is 0.303 e. The van der Waals surface area contributed by atoms with Gasteiger partial charge in [0.05, 0.1) is 6.04 Å². The van der Waals surface area contributed by atoms with Gasteiger partial charge in [-0.2, -0.15) is 0 Å². The molecule has 0 radical (unpaired) electrons. The minimum Gasteiger partial charge on any atom is -0.303 e. The minimum absolute atomic E-state index is 0.249. The van der Waals surface area contributed by atoms with E-state index >= 15 is 0 Å². The van der Waals surface area contributed by atoms with Crippen molar-refractivity contribution in [3.8, 4) is 12.3 Å². The molecular weight excluding hydrogens is 170 g/mol. The fourth-order valence-electron chi connectivity index (χ4n) is 1.86. The summed E-state index contributed by atoms with van der Waals surface area (Å²) in [5.74, 6) is 2.83. The standard InChI is InChI=1S/C13H21N/c1-3-10-14-13(4-2)11-12-8-6-5-7-9-12/h2,8,13-14H,3,5-7,9-11H2,1H3. The van der Waals surface area contributed by atoms with Gasteiger partial charge in [0.1, 0.15) is 0 Å². The summed E-state index contributed by atoms with van der Waals surface area (Å²) in [5, 5.41) is 3.39. The second-order valence-corrected chi connectivity index (χ2v) is 3.99. The molecule has 0 aromatic rings. The zero-order valence-electron chi connectivity index (χ0n) is 9.18. The van der Waals surface area contributed by atoms with Crippen molar-refractivity contribution >= 4 is 0 Å². The van der Waals surface area contributed by atoms with Crippen molar-refractivity contribution in [3.63, 3.8) is 0 Å². The molecule has 0 heterocycles. The van der Waals surface area contributed by atoms with E-state index in [0.717, 1.165) is 19.4 Å². The van der Waals surface area contributed by atoms with E-state index in [2.05, 4.69) is 24.2 Å². The van der Waals surface area contributed by atoms with Crippen LogP contribution in [0.5, 0.6) is 0 Å². The fourth-order valence-corrected chi connectivity index (χ4v) is 1.86. The maximum absolute atomic E-state index is 5.49. The molecule has 0 spiro atoms. The van der Waals surface area contributed by atoms with E-state index in [0.29, 0.717) is 0 Å². The molecule has 1 aliphatic rings. The number of nitrogens with one attached hydrogen (secondary N) is 1. The number of rotatable bonds is 5. The first-order valence-electron chi connectivity index (χ1n) is 5.74. The Labute approximate surface area is 88.0 Å². The summed E-state index contributed by atoms with van der Waals surface area (Å²) in [4.78, 5) is 0. The summed E-state index contributed by atoms with van der Waals surface area (Å²) in [6.07, 6.45) is 15.3. The van der Waals surface area contributed by atoms with Gasteiger partial charge in [0.15, 0.2) is 0 Å². The van der Waals surface area contributed by atoms with Crippen LogP contribution >= 0.6 is 0 Å². The van der Waals surface area contributed by atoms with Crippen LogP contribution < -0.4 is 5.32 Å². The van der Waals surface area contributed by atoms with Crippen molar-refractivity contribution in [3.05, 3.63) is 11.6 Å². The highest BCUT2D eigenvalue weighted by molar-refractivity contribution is 5.12. The smallest absolute Gasteiger partial charge is 0.0724 e. The Bertz CT molecular complexity index is 222. The van der Waals surface area contributed by atoms with E-state index in [1.807, 2.05) is 0 Å². The molecule has 14 heavy (non-hydrogen) atoms. The van der Waals surface area contributed by atoms with Gasteiger partial charge in [-0.3, -0.25) is 0 Å². The second-order valence-electron chi connectivity index (χ2n) is 3.99. The zero-order valence-corrected chi connectivity index (χ0v) is 9.18. The van der Waals surface area contributed by atoms with Crippen LogP contribution in [0.1, 0.15) is 45.4 Å². The molecule has 1 N–H and O–H groups in total. The molecule has 78 valence electrons. The molecule has 0 bridgehead atoms. The first-order chi connectivity index (χ1) is 6.86. The van der Waals surface area contributed by atoms with Gasteiger partial charge in [0.25, 0.3) is 0 Å². The first kappa shape index (κ1) is 11.3. The molecule has 1 nitrogen and oxygen atoms in total. The number of hydrogen-bond donors (Lipinski definition) is 1. The highest BCUT2D eigenvalue weighted by atomic mass is 14.9. The lowest BCUT2D eigenvalue weighted by Crippen LogP contribution is -2.28. The quantitative estimate of drug-likeness (QED) is 0.520. The molecule has 1 aliphatic carbocycles. The van der Waals surface area contributed by atoms with Gasteiger partial charge in [-0.1, -0.05) is 24.5 Å². The van der Waals surface area contributed by atoms with Crippen LogP contribution in [0.3, 0.4) is 0 Å². The van der Waals surface area contributed by atoms with Gasteiger partial charge >= 0.3 is 0 Å². The van der Waals surface area contributed by atoms with E-state index in [-0.39, 0.29) is 6.04 Å². The maximum atomic E-state index is 5.49. The van der Waals surface area contributed by atoms with E-state index in [1.54, 1.807) is 5.57 Å². The Morgan fingerprint density at radius 1 is 1.57 bits per heavy atom. The molecule has 1 heteroatoms. The number of hydrogen-bond acceptors (Lipinski definition) is 1. The first-order valence-corrected chi connectivity index (χ1v) is 5.74. The van der Waals surface area contributed by atoms with Gasteiger partial charge in [-0.05, 0) is 45.1 Å². The van der Waals surface area contributed by atoms with Crippen LogP contribution in [0, 0.1) is 12.3 Å². The van der Waals surface area contributed by atoms with Crippen molar-refractivity contribution in [2.24, 2.45) is 0 Å².